The van der Waals surface area contributed by atoms with Crippen molar-refractivity contribution in [2.45, 2.75) is 30.9 Å². The monoisotopic (exact) mass is 366 g/mol. The van der Waals surface area contributed by atoms with E-state index >= 15 is 0 Å². The molecular weight excluding hydrogens is 344 g/mol. The number of hydrogen-bond donors (Lipinski definition) is 1. The molecule has 0 saturated heterocycles. The maximum Gasteiger partial charge on any atom is 0.233 e. The third-order valence-electron chi connectivity index (χ3n) is 4.15. The molecule has 5 nitrogen and oxygen atoms in total. The Labute approximate surface area is 157 Å². The number of benzene rings is 2. The molecule has 134 valence electrons. The smallest absolute Gasteiger partial charge is 0.233 e. The summed E-state index contributed by atoms with van der Waals surface area (Å²) < 4.78 is 1.70. The number of amides is 1. The summed E-state index contributed by atoms with van der Waals surface area (Å²) in [7, 11) is 0. The van der Waals surface area contributed by atoms with Gasteiger partial charge in [-0.05, 0) is 37.1 Å². The number of carbonyl (C=O) groups excluding carboxylic acids is 1. The molecule has 1 N–H and O–H groups in total. The van der Waals surface area contributed by atoms with Gasteiger partial charge in [0.2, 0.25) is 5.91 Å². The van der Waals surface area contributed by atoms with Gasteiger partial charge in [-0.25, -0.2) is 9.67 Å². The highest BCUT2D eigenvalue weighted by atomic mass is 32.2. The summed E-state index contributed by atoms with van der Waals surface area (Å²) in [5.74, 6) is 0.884. The van der Waals surface area contributed by atoms with Crippen molar-refractivity contribution < 1.29 is 4.79 Å². The molecule has 0 aliphatic heterocycles. The van der Waals surface area contributed by atoms with E-state index in [2.05, 4.69) is 27.5 Å². The fourth-order valence-electron chi connectivity index (χ4n) is 2.54. The van der Waals surface area contributed by atoms with E-state index in [0.717, 1.165) is 17.0 Å². The molecule has 26 heavy (non-hydrogen) atoms. The third-order valence-corrected chi connectivity index (χ3v) is 5.36. The van der Waals surface area contributed by atoms with Crippen LogP contribution in [0.5, 0.6) is 0 Å². The summed E-state index contributed by atoms with van der Waals surface area (Å²) >= 11 is 1.64. The standard InChI is InChI=1S/C20H22N4OS/c1-15(18-8-10-19(11-9-18)24-14-21-13-22-24)23-20(25)16(2)26-12-17-6-4-3-5-7-17/h3-11,13-16H,12H2,1-2H3,(H,23,25)/t15-,16+/m0/s1. The summed E-state index contributed by atoms with van der Waals surface area (Å²) in [5, 5.41) is 7.10. The average molecular weight is 366 g/mol. The van der Waals surface area contributed by atoms with Crippen molar-refractivity contribution in [2.75, 3.05) is 0 Å². The summed E-state index contributed by atoms with van der Waals surface area (Å²) in [6.07, 6.45) is 3.16. The third kappa shape index (κ3) is 4.73. The fraction of sp³-hybridized carbons (Fsp3) is 0.250. The second-order valence-corrected chi connectivity index (χ2v) is 7.43. The maximum absolute atomic E-state index is 12.4. The topological polar surface area (TPSA) is 59.8 Å². The Morgan fingerprint density at radius 1 is 1.12 bits per heavy atom. The van der Waals surface area contributed by atoms with Crippen LogP contribution in [0.3, 0.4) is 0 Å². The van der Waals surface area contributed by atoms with Crippen LogP contribution in [0.4, 0.5) is 0 Å². The molecule has 6 heteroatoms. The lowest BCUT2D eigenvalue weighted by molar-refractivity contribution is -0.120. The minimum absolute atomic E-state index is 0.0490. The molecule has 0 spiro atoms. The van der Waals surface area contributed by atoms with E-state index in [0.29, 0.717) is 0 Å². The van der Waals surface area contributed by atoms with Crippen LogP contribution in [0.25, 0.3) is 5.69 Å². The number of aromatic nitrogens is 3. The quantitative estimate of drug-likeness (QED) is 0.691. The molecule has 0 bridgehead atoms. The van der Waals surface area contributed by atoms with Crippen molar-refractivity contribution in [1.82, 2.24) is 20.1 Å². The van der Waals surface area contributed by atoms with Gasteiger partial charge in [0.1, 0.15) is 12.7 Å². The first-order chi connectivity index (χ1) is 12.6. The number of nitrogens with one attached hydrogen (secondary N) is 1. The first-order valence-electron chi connectivity index (χ1n) is 8.54. The molecule has 0 radical (unpaired) electrons. The molecule has 0 aliphatic carbocycles. The lowest BCUT2D eigenvalue weighted by Gasteiger charge is -2.18. The van der Waals surface area contributed by atoms with E-state index < -0.39 is 0 Å². The average Bonchev–Trinajstić information content (AvgIpc) is 3.21. The summed E-state index contributed by atoms with van der Waals surface area (Å²) in [6.45, 7) is 3.94. The lowest BCUT2D eigenvalue weighted by Crippen LogP contribution is -2.33. The van der Waals surface area contributed by atoms with Crippen LogP contribution in [-0.4, -0.2) is 25.9 Å². The first kappa shape index (κ1) is 18.2. The van der Waals surface area contributed by atoms with Crippen molar-refractivity contribution in [1.29, 1.82) is 0 Å². The van der Waals surface area contributed by atoms with Crippen molar-refractivity contribution in [2.24, 2.45) is 0 Å². The molecule has 0 saturated carbocycles. The number of hydrogen-bond acceptors (Lipinski definition) is 4. The Morgan fingerprint density at radius 3 is 2.50 bits per heavy atom. The van der Waals surface area contributed by atoms with Crippen molar-refractivity contribution >= 4 is 17.7 Å². The molecule has 0 aliphatic rings. The van der Waals surface area contributed by atoms with Gasteiger partial charge in [-0.1, -0.05) is 42.5 Å². The van der Waals surface area contributed by atoms with Gasteiger partial charge >= 0.3 is 0 Å². The Morgan fingerprint density at radius 2 is 1.85 bits per heavy atom. The molecule has 3 aromatic rings. The molecule has 0 fully saturated rings. The lowest BCUT2D eigenvalue weighted by atomic mass is 10.1. The van der Waals surface area contributed by atoms with E-state index in [1.54, 1.807) is 22.8 Å². The van der Waals surface area contributed by atoms with Crippen molar-refractivity contribution in [3.05, 3.63) is 78.4 Å². The molecule has 3 rings (SSSR count). The van der Waals surface area contributed by atoms with Crippen LogP contribution in [0, 0.1) is 0 Å². The molecule has 2 atom stereocenters. The van der Waals surface area contributed by atoms with Gasteiger partial charge in [0, 0.05) is 5.75 Å². The van der Waals surface area contributed by atoms with Crippen LogP contribution in [0.2, 0.25) is 0 Å². The minimum Gasteiger partial charge on any atom is -0.349 e. The van der Waals surface area contributed by atoms with Crippen LogP contribution < -0.4 is 5.32 Å². The highest BCUT2D eigenvalue weighted by Gasteiger charge is 2.16. The van der Waals surface area contributed by atoms with Gasteiger partial charge < -0.3 is 5.32 Å². The zero-order valence-electron chi connectivity index (χ0n) is 14.9. The Bertz CT molecular complexity index is 819. The number of rotatable bonds is 7. The van der Waals surface area contributed by atoms with Crippen molar-refractivity contribution in [3.63, 3.8) is 0 Å². The van der Waals surface area contributed by atoms with E-state index in [9.17, 15) is 4.79 Å². The van der Waals surface area contributed by atoms with Gasteiger partial charge in [0.15, 0.2) is 0 Å². The Balaban J connectivity index is 1.53. The summed E-state index contributed by atoms with van der Waals surface area (Å²) in [6, 6.07) is 18.1. The molecule has 1 aromatic heterocycles. The van der Waals surface area contributed by atoms with E-state index in [1.807, 2.05) is 56.3 Å². The molecule has 1 heterocycles. The van der Waals surface area contributed by atoms with Crippen LogP contribution in [0.15, 0.2) is 67.3 Å². The van der Waals surface area contributed by atoms with Gasteiger partial charge in [-0.15, -0.1) is 11.8 Å². The predicted octanol–water partition coefficient (Wildman–Crippen LogP) is 3.77. The zero-order valence-corrected chi connectivity index (χ0v) is 15.7. The SMILES string of the molecule is C[C@H](NC(=O)[C@@H](C)SCc1ccccc1)c1ccc(-n2cncn2)cc1. The zero-order chi connectivity index (χ0) is 18.4. The fourth-order valence-corrected chi connectivity index (χ4v) is 3.40. The van der Waals surface area contributed by atoms with E-state index in [4.69, 9.17) is 0 Å². The van der Waals surface area contributed by atoms with Gasteiger partial charge in [0.05, 0.1) is 17.0 Å². The first-order valence-corrected chi connectivity index (χ1v) is 9.59. The number of carbonyl (C=O) groups is 1. The summed E-state index contributed by atoms with van der Waals surface area (Å²) in [4.78, 5) is 16.4. The Hall–Kier alpha value is -2.60. The van der Waals surface area contributed by atoms with E-state index in [-0.39, 0.29) is 17.2 Å². The van der Waals surface area contributed by atoms with Crippen LogP contribution in [0.1, 0.15) is 31.0 Å². The molecule has 2 aromatic carbocycles. The number of nitrogens with zero attached hydrogens (tertiary/aromatic N) is 3. The largest absolute Gasteiger partial charge is 0.349 e. The van der Waals surface area contributed by atoms with Crippen molar-refractivity contribution in [3.8, 4) is 5.69 Å². The maximum atomic E-state index is 12.4. The predicted molar refractivity (Wildman–Crippen MR) is 105 cm³/mol. The second kappa shape index (κ2) is 8.67. The highest BCUT2D eigenvalue weighted by Crippen LogP contribution is 2.20. The van der Waals surface area contributed by atoms with Gasteiger partial charge in [0.25, 0.3) is 0 Å². The molecule has 1 amide bonds. The minimum atomic E-state index is -0.105. The normalized spacial score (nSPS) is 13.2. The highest BCUT2D eigenvalue weighted by molar-refractivity contribution is 7.99. The van der Waals surface area contributed by atoms with Gasteiger partial charge in [-0.3, -0.25) is 4.79 Å². The van der Waals surface area contributed by atoms with E-state index in [1.165, 1.54) is 11.9 Å². The van der Waals surface area contributed by atoms with Gasteiger partial charge in [-0.2, -0.15) is 5.10 Å². The Kier molecular flexibility index (Phi) is 6.07. The van der Waals surface area contributed by atoms with Crippen LogP contribution in [-0.2, 0) is 10.5 Å². The van der Waals surface area contributed by atoms with Crippen LogP contribution >= 0.6 is 11.8 Å². The second-order valence-electron chi connectivity index (χ2n) is 6.10. The number of thioether (sulfide) groups is 1. The molecule has 0 unspecified atom stereocenters. The molecular formula is C20H22N4OS. The summed E-state index contributed by atoms with van der Waals surface area (Å²) in [5.41, 5.74) is 3.23.